The lowest BCUT2D eigenvalue weighted by Crippen LogP contribution is -2.37. The fourth-order valence-corrected chi connectivity index (χ4v) is 2.04. The van der Waals surface area contributed by atoms with Crippen LogP contribution in [0.1, 0.15) is 18.2 Å². The van der Waals surface area contributed by atoms with Gasteiger partial charge in [0.25, 0.3) is 0 Å². The molecule has 0 unspecified atom stereocenters. The SMILES string of the molecule is C=CCNC(=NCCc1coc(-c2ccc(C)cc2)n1)NCC. The summed E-state index contributed by atoms with van der Waals surface area (Å²) in [7, 11) is 0. The van der Waals surface area contributed by atoms with Crippen LogP contribution in [0.2, 0.25) is 0 Å². The Morgan fingerprint density at radius 1 is 1.30 bits per heavy atom. The van der Waals surface area contributed by atoms with Gasteiger partial charge in [-0.1, -0.05) is 23.8 Å². The molecule has 2 rings (SSSR count). The smallest absolute Gasteiger partial charge is 0.226 e. The van der Waals surface area contributed by atoms with Gasteiger partial charge in [-0.15, -0.1) is 6.58 Å². The first-order chi connectivity index (χ1) is 11.2. The Morgan fingerprint density at radius 3 is 2.78 bits per heavy atom. The van der Waals surface area contributed by atoms with Gasteiger partial charge in [-0.05, 0) is 26.0 Å². The molecule has 0 fully saturated rings. The highest BCUT2D eigenvalue weighted by atomic mass is 16.3. The number of rotatable bonds is 7. The van der Waals surface area contributed by atoms with Crippen molar-refractivity contribution < 1.29 is 4.42 Å². The summed E-state index contributed by atoms with van der Waals surface area (Å²) < 4.78 is 5.56. The molecule has 0 aliphatic carbocycles. The molecule has 5 nitrogen and oxygen atoms in total. The van der Waals surface area contributed by atoms with E-state index < -0.39 is 0 Å². The molecule has 0 spiro atoms. The van der Waals surface area contributed by atoms with Crippen molar-refractivity contribution in [1.29, 1.82) is 0 Å². The van der Waals surface area contributed by atoms with Gasteiger partial charge in [0.2, 0.25) is 5.89 Å². The molecule has 2 aromatic rings. The second-order valence-corrected chi connectivity index (χ2v) is 5.19. The first-order valence-corrected chi connectivity index (χ1v) is 7.87. The lowest BCUT2D eigenvalue weighted by Gasteiger charge is -2.08. The van der Waals surface area contributed by atoms with Crippen LogP contribution in [0, 0.1) is 6.92 Å². The maximum atomic E-state index is 5.56. The van der Waals surface area contributed by atoms with Crippen LogP contribution in [-0.4, -0.2) is 30.6 Å². The third-order valence-corrected chi connectivity index (χ3v) is 3.25. The molecule has 5 heteroatoms. The van der Waals surface area contributed by atoms with Gasteiger partial charge in [0.1, 0.15) is 6.26 Å². The zero-order chi connectivity index (χ0) is 16.5. The second kappa shape index (κ2) is 8.78. The lowest BCUT2D eigenvalue weighted by atomic mass is 10.1. The third-order valence-electron chi connectivity index (χ3n) is 3.25. The predicted molar refractivity (Wildman–Crippen MR) is 94.6 cm³/mol. The van der Waals surface area contributed by atoms with E-state index in [9.17, 15) is 0 Å². The van der Waals surface area contributed by atoms with E-state index in [0.29, 0.717) is 19.0 Å². The average molecular weight is 312 g/mol. The summed E-state index contributed by atoms with van der Waals surface area (Å²) in [4.78, 5) is 9.03. The van der Waals surface area contributed by atoms with Crippen molar-refractivity contribution in [2.24, 2.45) is 4.99 Å². The monoisotopic (exact) mass is 312 g/mol. The molecular formula is C18H24N4O. The Labute approximate surface area is 137 Å². The Balaban J connectivity index is 1.93. The van der Waals surface area contributed by atoms with E-state index in [1.54, 1.807) is 12.3 Å². The van der Waals surface area contributed by atoms with Crippen molar-refractivity contribution in [3.63, 3.8) is 0 Å². The van der Waals surface area contributed by atoms with Crippen molar-refractivity contribution in [1.82, 2.24) is 15.6 Å². The van der Waals surface area contributed by atoms with E-state index >= 15 is 0 Å². The largest absolute Gasteiger partial charge is 0.444 e. The minimum atomic E-state index is 0.645. The third kappa shape index (κ3) is 5.29. The molecule has 0 amide bonds. The molecule has 1 aromatic carbocycles. The van der Waals surface area contributed by atoms with E-state index in [1.165, 1.54) is 5.56 Å². The van der Waals surface area contributed by atoms with Gasteiger partial charge in [0, 0.05) is 31.6 Å². The molecule has 1 heterocycles. The molecule has 0 radical (unpaired) electrons. The molecular weight excluding hydrogens is 288 g/mol. The van der Waals surface area contributed by atoms with Crippen molar-refractivity contribution in [2.75, 3.05) is 19.6 Å². The predicted octanol–water partition coefficient (Wildman–Crippen LogP) is 2.93. The molecule has 0 aliphatic rings. The zero-order valence-corrected chi connectivity index (χ0v) is 13.8. The quantitative estimate of drug-likeness (QED) is 0.469. The van der Waals surface area contributed by atoms with Gasteiger partial charge < -0.3 is 15.1 Å². The molecule has 0 atom stereocenters. The van der Waals surface area contributed by atoms with E-state index in [4.69, 9.17) is 4.42 Å². The summed E-state index contributed by atoms with van der Waals surface area (Å²) in [6, 6.07) is 8.14. The van der Waals surface area contributed by atoms with Crippen molar-refractivity contribution in [3.05, 3.63) is 54.4 Å². The van der Waals surface area contributed by atoms with Crippen LogP contribution in [0.15, 0.2) is 52.6 Å². The van der Waals surface area contributed by atoms with Crippen LogP contribution in [-0.2, 0) is 6.42 Å². The second-order valence-electron chi connectivity index (χ2n) is 5.19. The summed E-state index contributed by atoms with van der Waals surface area (Å²) in [5.41, 5.74) is 3.12. The number of hydrogen-bond acceptors (Lipinski definition) is 3. The number of benzene rings is 1. The summed E-state index contributed by atoms with van der Waals surface area (Å²) in [5, 5.41) is 6.36. The Kier molecular flexibility index (Phi) is 6.41. The zero-order valence-electron chi connectivity index (χ0n) is 13.8. The average Bonchev–Trinajstić information content (AvgIpc) is 3.02. The molecule has 0 aliphatic heterocycles. The molecule has 0 saturated heterocycles. The maximum Gasteiger partial charge on any atom is 0.226 e. The highest BCUT2D eigenvalue weighted by molar-refractivity contribution is 5.79. The lowest BCUT2D eigenvalue weighted by molar-refractivity contribution is 0.572. The normalized spacial score (nSPS) is 11.3. The fourth-order valence-electron chi connectivity index (χ4n) is 2.04. The topological polar surface area (TPSA) is 62.5 Å². The highest BCUT2D eigenvalue weighted by Gasteiger charge is 2.06. The van der Waals surface area contributed by atoms with Gasteiger partial charge in [0.15, 0.2) is 5.96 Å². The Morgan fingerprint density at radius 2 is 2.09 bits per heavy atom. The number of hydrogen-bond donors (Lipinski definition) is 2. The van der Waals surface area contributed by atoms with Gasteiger partial charge in [-0.2, -0.15) is 0 Å². The highest BCUT2D eigenvalue weighted by Crippen LogP contribution is 2.19. The van der Waals surface area contributed by atoms with E-state index in [2.05, 4.69) is 46.2 Å². The molecule has 2 N–H and O–H groups in total. The van der Waals surface area contributed by atoms with Crippen LogP contribution in [0.3, 0.4) is 0 Å². The number of aromatic nitrogens is 1. The number of oxazole rings is 1. The Bertz CT molecular complexity index is 643. The Hall–Kier alpha value is -2.56. The van der Waals surface area contributed by atoms with Crippen LogP contribution < -0.4 is 10.6 Å². The molecule has 23 heavy (non-hydrogen) atoms. The minimum Gasteiger partial charge on any atom is -0.444 e. The van der Waals surface area contributed by atoms with Gasteiger partial charge in [-0.25, -0.2) is 4.98 Å². The van der Waals surface area contributed by atoms with Gasteiger partial charge in [-0.3, -0.25) is 4.99 Å². The first-order valence-electron chi connectivity index (χ1n) is 7.87. The van der Waals surface area contributed by atoms with E-state index in [1.807, 2.05) is 19.1 Å². The molecule has 1 aromatic heterocycles. The number of aryl methyl sites for hydroxylation is 1. The summed E-state index contributed by atoms with van der Waals surface area (Å²) in [6.07, 6.45) is 4.24. The van der Waals surface area contributed by atoms with Crippen molar-refractivity contribution >= 4 is 5.96 Å². The van der Waals surface area contributed by atoms with E-state index in [0.717, 1.165) is 30.2 Å². The van der Waals surface area contributed by atoms with Gasteiger partial charge >= 0.3 is 0 Å². The number of nitrogens with one attached hydrogen (secondary N) is 2. The van der Waals surface area contributed by atoms with E-state index in [-0.39, 0.29) is 0 Å². The number of nitrogens with zero attached hydrogens (tertiary/aromatic N) is 2. The van der Waals surface area contributed by atoms with Crippen LogP contribution in [0.4, 0.5) is 0 Å². The minimum absolute atomic E-state index is 0.645. The molecule has 0 saturated carbocycles. The van der Waals surface area contributed by atoms with Crippen molar-refractivity contribution in [3.8, 4) is 11.5 Å². The van der Waals surface area contributed by atoms with Crippen LogP contribution in [0.5, 0.6) is 0 Å². The number of guanidine groups is 1. The van der Waals surface area contributed by atoms with Crippen molar-refractivity contribution in [2.45, 2.75) is 20.3 Å². The summed E-state index contributed by atoms with van der Waals surface area (Å²) in [5.74, 6) is 1.44. The fraction of sp³-hybridized carbons (Fsp3) is 0.333. The number of aliphatic imine (C=N–C) groups is 1. The van der Waals surface area contributed by atoms with Crippen LogP contribution in [0.25, 0.3) is 11.5 Å². The molecule has 0 bridgehead atoms. The van der Waals surface area contributed by atoms with Gasteiger partial charge in [0.05, 0.1) is 5.69 Å². The summed E-state index contributed by atoms with van der Waals surface area (Å²) in [6.45, 7) is 9.95. The first kappa shape index (κ1) is 16.8. The molecule has 122 valence electrons. The summed E-state index contributed by atoms with van der Waals surface area (Å²) >= 11 is 0. The van der Waals surface area contributed by atoms with Crippen LogP contribution >= 0.6 is 0 Å². The maximum absolute atomic E-state index is 5.56. The standard InChI is InChI=1S/C18H24N4O/c1-4-11-20-18(19-5-2)21-12-10-16-13-23-17(22-16)15-8-6-14(3)7-9-15/h4,6-9,13H,1,5,10-12H2,2-3H3,(H2,19,20,21).